The number of carbonyl (C=O) groups excluding carboxylic acids is 2. The van der Waals surface area contributed by atoms with Crippen LogP contribution in [0, 0.1) is 0 Å². The number of hydrogen-bond donors (Lipinski definition) is 2. The van der Waals surface area contributed by atoms with Crippen LogP contribution in [0.15, 0.2) is 18.2 Å². The van der Waals surface area contributed by atoms with E-state index >= 15 is 0 Å². The predicted octanol–water partition coefficient (Wildman–Crippen LogP) is 0.224. The van der Waals surface area contributed by atoms with Crippen LogP contribution in [0.1, 0.15) is 27.4 Å². The quantitative estimate of drug-likeness (QED) is 0.636. The van der Waals surface area contributed by atoms with Crippen molar-refractivity contribution in [3.8, 4) is 0 Å². The summed E-state index contributed by atoms with van der Waals surface area (Å²) in [5.74, 6) is -0.640. The first-order valence-electron chi connectivity index (χ1n) is 6.70. The Hall–Kier alpha value is -1.99. The van der Waals surface area contributed by atoms with Crippen molar-refractivity contribution in [3.63, 3.8) is 0 Å². The first-order valence-corrected chi connectivity index (χ1v) is 6.70. The average Bonchev–Trinajstić information content (AvgIpc) is 2.51. The van der Waals surface area contributed by atoms with E-state index < -0.39 is 0 Å². The predicted molar refractivity (Wildman–Crippen MR) is 77.3 cm³/mol. The molecule has 0 aliphatic heterocycles. The maximum atomic E-state index is 11.9. The summed E-state index contributed by atoms with van der Waals surface area (Å²) in [5.41, 5.74) is 0.419. The lowest BCUT2D eigenvalue weighted by molar-refractivity contribution is 0.0930. The minimum Gasteiger partial charge on any atom is -0.385 e. The van der Waals surface area contributed by atoms with E-state index in [2.05, 4.69) is 15.6 Å². The fraction of sp³-hybridized carbons (Fsp3) is 0.500. The van der Waals surface area contributed by atoms with Crippen LogP contribution in [0.4, 0.5) is 0 Å². The van der Waals surface area contributed by atoms with Gasteiger partial charge in [0, 0.05) is 33.9 Å². The number of nitrogens with one attached hydrogen (secondary N) is 2. The molecule has 0 aliphatic carbocycles. The summed E-state index contributed by atoms with van der Waals surface area (Å²) in [6.45, 7) is 1.89. The van der Waals surface area contributed by atoms with Gasteiger partial charge in [0.1, 0.15) is 11.4 Å². The van der Waals surface area contributed by atoms with Crippen molar-refractivity contribution in [2.24, 2.45) is 0 Å². The lowest BCUT2D eigenvalue weighted by Gasteiger charge is -2.07. The lowest BCUT2D eigenvalue weighted by atomic mass is 10.2. The van der Waals surface area contributed by atoms with Gasteiger partial charge in [0.05, 0.1) is 6.61 Å². The van der Waals surface area contributed by atoms with Gasteiger partial charge in [0.2, 0.25) is 0 Å². The molecule has 2 amide bonds. The minimum absolute atomic E-state index is 0.204. The zero-order valence-corrected chi connectivity index (χ0v) is 12.3. The van der Waals surface area contributed by atoms with E-state index in [1.165, 1.54) is 0 Å². The molecule has 0 spiro atoms. The standard InChI is InChI=1S/C14H21N3O4/c1-20-9-4-7-15-13(18)11-5-3-6-12(17-11)14(19)16-8-10-21-2/h3,5-6H,4,7-10H2,1-2H3,(H,15,18)(H,16,19). The Bertz CT molecular complexity index is 465. The van der Waals surface area contributed by atoms with E-state index in [0.29, 0.717) is 26.3 Å². The zero-order chi connectivity index (χ0) is 15.5. The van der Waals surface area contributed by atoms with Crippen LogP contribution < -0.4 is 10.6 Å². The van der Waals surface area contributed by atoms with Gasteiger partial charge in [-0.15, -0.1) is 0 Å². The molecule has 21 heavy (non-hydrogen) atoms. The molecule has 1 aromatic heterocycles. The molecule has 1 heterocycles. The normalized spacial score (nSPS) is 10.2. The van der Waals surface area contributed by atoms with Crippen molar-refractivity contribution >= 4 is 11.8 Å². The number of amides is 2. The average molecular weight is 295 g/mol. The smallest absolute Gasteiger partial charge is 0.269 e. The zero-order valence-electron chi connectivity index (χ0n) is 12.3. The Labute approximate surface area is 124 Å². The van der Waals surface area contributed by atoms with Gasteiger partial charge in [0.15, 0.2) is 0 Å². The van der Waals surface area contributed by atoms with Gasteiger partial charge in [0.25, 0.3) is 11.8 Å². The SMILES string of the molecule is COCCCNC(=O)c1cccc(C(=O)NCCOC)n1. The Morgan fingerprint density at radius 3 is 2.14 bits per heavy atom. The third kappa shape index (κ3) is 6.33. The highest BCUT2D eigenvalue weighted by molar-refractivity contribution is 5.96. The first-order chi connectivity index (χ1) is 10.2. The van der Waals surface area contributed by atoms with E-state index in [-0.39, 0.29) is 23.2 Å². The van der Waals surface area contributed by atoms with Crippen molar-refractivity contribution in [2.45, 2.75) is 6.42 Å². The molecular weight excluding hydrogens is 274 g/mol. The Morgan fingerprint density at radius 2 is 1.57 bits per heavy atom. The topological polar surface area (TPSA) is 89.5 Å². The highest BCUT2D eigenvalue weighted by Crippen LogP contribution is 2.00. The van der Waals surface area contributed by atoms with Crippen LogP contribution in [-0.4, -0.2) is 57.3 Å². The summed E-state index contributed by atoms with van der Waals surface area (Å²) in [6, 6.07) is 4.75. The molecule has 116 valence electrons. The Balaban J connectivity index is 2.54. The highest BCUT2D eigenvalue weighted by atomic mass is 16.5. The minimum atomic E-state index is -0.332. The number of methoxy groups -OCH3 is 2. The summed E-state index contributed by atoms with van der Waals surface area (Å²) in [4.78, 5) is 27.7. The van der Waals surface area contributed by atoms with E-state index in [9.17, 15) is 9.59 Å². The number of carbonyl (C=O) groups is 2. The maximum Gasteiger partial charge on any atom is 0.269 e. The molecule has 0 saturated carbocycles. The van der Waals surface area contributed by atoms with Gasteiger partial charge >= 0.3 is 0 Å². The number of nitrogens with zero attached hydrogens (tertiary/aromatic N) is 1. The molecule has 0 aromatic carbocycles. The maximum absolute atomic E-state index is 11.9. The number of pyridine rings is 1. The van der Waals surface area contributed by atoms with Crippen LogP contribution in [0.3, 0.4) is 0 Å². The number of aromatic nitrogens is 1. The van der Waals surface area contributed by atoms with Crippen LogP contribution in [-0.2, 0) is 9.47 Å². The van der Waals surface area contributed by atoms with Crippen LogP contribution in [0.25, 0.3) is 0 Å². The van der Waals surface area contributed by atoms with Crippen molar-refractivity contribution in [1.82, 2.24) is 15.6 Å². The second kappa shape index (κ2) is 9.84. The van der Waals surface area contributed by atoms with Crippen LogP contribution in [0.2, 0.25) is 0 Å². The molecule has 0 aliphatic rings. The third-order valence-electron chi connectivity index (χ3n) is 2.62. The van der Waals surface area contributed by atoms with Gasteiger partial charge in [-0.2, -0.15) is 0 Å². The first kappa shape index (κ1) is 17.1. The van der Waals surface area contributed by atoms with E-state index in [1.54, 1.807) is 32.4 Å². The molecule has 0 bridgehead atoms. The molecule has 0 radical (unpaired) electrons. The highest BCUT2D eigenvalue weighted by Gasteiger charge is 2.11. The third-order valence-corrected chi connectivity index (χ3v) is 2.62. The van der Waals surface area contributed by atoms with Crippen molar-refractivity contribution in [3.05, 3.63) is 29.6 Å². The van der Waals surface area contributed by atoms with Gasteiger partial charge in [-0.1, -0.05) is 6.07 Å². The molecule has 0 atom stereocenters. The second-order valence-corrected chi connectivity index (χ2v) is 4.26. The molecule has 0 saturated heterocycles. The fourth-order valence-electron chi connectivity index (χ4n) is 1.55. The molecule has 2 N–H and O–H groups in total. The van der Waals surface area contributed by atoms with Gasteiger partial charge < -0.3 is 20.1 Å². The lowest BCUT2D eigenvalue weighted by Crippen LogP contribution is -2.30. The van der Waals surface area contributed by atoms with Crippen molar-refractivity contribution < 1.29 is 19.1 Å². The molecule has 1 rings (SSSR count). The molecule has 0 fully saturated rings. The fourth-order valence-corrected chi connectivity index (χ4v) is 1.55. The van der Waals surface area contributed by atoms with E-state index in [4.69, 9.17) is 9.47 Å². The van der Waals surface area contributed by atoms with Gasteiger partial charge in [-0.25, -0.2) is 4.98 Å². The number of ether oxygens (including phenoxy) is 2. The van der Waals surface area contributed by atoms with Gasteiger partial charge in [-0.3, -0.25) is 9.59 Å². The Morgan fingerprint density at radius 1 is 1.00 bits per heavy atom. The van der Waals surface area contributed by atoms with Crippen LogP contribution >= 0.6 is 0 Å². The number of rotatable bonds is 9. The second-order valence-electron chi connectivity index (χ2n) is 4.26. The molecule has 1 aromatic rings. The monoisotopic (exact) mass is 295 g/mol. The number of hydrogen-bond acceptors (Lipinski definition) is 5. The summed E-state index contributed by atoms with van der Waals surface area (Å²) >= 11 is 0. The summed E-state index contributed by atoms with van der Waals surface area (Å²) in [6.07, 6.45) is 0.722. The van der Waals surface area contributed by atoms with Crippen molar-refractivity contribution in [2.75, 3.05) is 40.5 Å². The summed E-state index contributed by atoms with van der Waals surface area (Å²) < 4.78 is 9.74. The summed E-state index contributed by atoms with van der Waals surface area (Å²) in [5, 5.41) is 5.37. The largest absolute Gasteiger partial charge is 0.385 e. The van der Waals surface area contributed by atoms with Gasteiger partial charge in [-0.05, 0) is 18.6 Å². The molecular formula is C14H21N3O4. The molecule has 0 unspecified atom stereocenters. The van der Waals surface area contributed by atoms with Crippen LogP contribution in [0.5, 0.6) is 0 Å². The molecule has 7 heteroatoms. The van der Waals surface area contributed by atoms with E-state index in [1.807, 2.05) is 0 Å². The molecule has 7 nitrogen and oxygen atoms in total. The van der Waals surface area contributed by atoms with Crippen molar-refractivity contribution in [1.29, 1.82) is 0 Å². The summed E-state index contributed by atoms with van der Waals surface area (Å²) in [7, 11) is 3.16. The van der Waals surface area contributed by atoms with E-state index in [0.717, 1.165) is 6.42 Å². The Kier molecular flexibility index (Phi) is 8.00.